The van der Waals surface area contributed by atoms with Gasteiger partial charge in [-0.1, -0.05) is 20.8 Å². The van der Waals surface area contributed by atoms with Gasteiger partial charge < -0.3 is 11.1 Å². The van der Waals surface area contributed by atoms with E-state index in [1.165, 1.54) is 22.7 Å². The van der Waals surface area contributed by atoms with Gasteiger partial charge in [0.15, 0.2) is 0 Å². The lowest BCUT2D eigenvalue weighted by atomic mass is 9.92. The summed E-state index contributed by atoms with van der Waals surface area (Å²) in [6.07, 6.45) is 6.77. The standard InChI is InChI=1S/C14H25N3S/c1-14(2,3)13-17-9-12(18-13)8-16-11-6-4-10(15)5-7-11/h9-11,16H,4-8,15H2,1-3H3. The maximum atomic E-state index is 5.92. The van der Waals surface area contributed by atoms with E-state index in [9.17, 15) is 0 Å². The highest BCUT2D eigenvalue weighted by Crippen LogP contribution is 2.27. The topological polar surface area (TPSA) is 50.9 Å². The molecular formula is C14H25N3S. The maximum absolute atomic E-state index is 5.92. The highest BCUT2D eigenvalue weighted by atomic mass is 32.1. The van der Waals surface area contributed by atoms with E-state index < -0.39 is 0 Å². The van der Waals surface area contributed by atoms with Crippen LogP contribution < -0.4 is 11.1 Å². The van der Waals surface area contributed by atoms with E-state index in [2.05, 4.69) is 31.1 Å². The minimum absolute atomic E-state index is 0.167. The highest BCUT2D eigenvalue weighted by molar-refractivity contribution is 7.11. The summed E-state index contributed by atoms with van der Waals surface area (Å²) in [4.78, 5) is 5.86. The fraction of sp³-hybridized carbons (Fsp3) is 0.786. The van der Waals surface area contributed by atoms with Crippen LogP contribution in [-0.4, -0.2) is 17.1 Å². The van der Waals surface area contributed by atoms with Gasteiger partial charge in [0.2, 0.25) is 0 Å². The van der Waals surface area contributed by atoms with Gasteiger partial charge >= 0.3 is 0 Å². The molecule has 0 saturated heterocycles. The second kappa shape index (κ2) is 5.68. The molecule has 0 radical (unpaired) electrons. The molecule has 1 aromatic rings. The smallest absolute Gasteiger partial charge is 0.0981 e. The van der Waals surface area contributed by atoms with Gasteiger partial charge in [-0.3, -0.25) is 0 Å². The van der Waals surface area contributed by atoms with Crippen molar-refractivity contribution in [3.63, 3.8) is 0 Å². The second-order valence-electron chi connectivity index (χ2n) is 6.37. The fourth-order valence-electron chi connectivity index (χ4n) is 2.30. The number of aromatic nitrogens is 1. The van der Waals surface area contributed by atoms with Crippen molar-refractivity contribution in [1.82, 2.24) is 10.3 Å². The number of hydrogen-bond donors (Lipinski definition) is 2. The monoisotopic (exact) mass is 267 g/mol. The van der Waals surface area contributed by atoms with Gasteiger partial charge in [0.05, 0.1) is 5.01 Å². The van der Waals surface area contributed by atoms with E-state index in [-0.39, 0.29) is 5.41 Å². The van der Waals surface area contributed by atoms with Crippen molar-refractivity contribution in [2.45, 2.75) is 70.5 Å². The molecule has 0 unspecified atom stereocenters. The minimum atomic E-state index is 0.167. The van der Waals surface area contributed by atoms with Gasteiger partial charge in [-0.15, -0.1) is 11.3 Å². The molecule has 18 heavy (non-hydrogen) atoms. The summed E-state index contributed by atoms with van der Waals surface area (Å²) in [5.74, 6) is 0. The Labute approximate surface area is 114 Å². The summed E-state index contributed by atoms with van der Waals surface area (Å²) in [6.45, 7) is 7.59. The normalized spacial score (nSPS) is 25.3. The van der Waals surface area contributed by atoms with Crippen molar-refractivity contribution in [2.75, 3.05) is 0 Å². The fourth-order valence-corrected chi connectivity index (χ4v) is 3.23. The van der Waals surface area contributed by atoms with E-state index in [0.717, 1.165) is 19.4 Å². The first-order valence-electron chi connectivity index (χ1n) is 6.89. The average Bonchev–Trinajstić information content (AvgIpc) is 2.77. The van der Waals surface area contributed by atoms with Gasteiger partial charge in [-0.05, 0) is 25.7 Å². The Kier molecular flexibility index (Phi) is 4.41. The van der Waals surface area contributed by atoms with Crippen molar-refractivity contribution < 1.29 is 0 Å². The number of nitrogens with zero attached hydrogens (tertiary/aromatic N) is 1. The maximum Gasteiger partial charge on any atom is 0.0981 e. The quantitative estimate of drug-likeness (QED) is 0.885. The molecule has 3 N–H and O–H groups in total. The molecule has 1 aromatic heterocycles. The predicted molar refractivity (Wildman–Crippen MR) is 77.9 cm³/mol. The molecule has 1 aliphatic carbocycles. The first-order chi connectivity index (χ1) is 8.45. The summed E-state index contributed by atoms with van der Waals surface area (Å²) in [5, 5.41) is 4.86. The van der Waals surface area contributed by atoms with Crippen molar-refractivity contribution >= 4 is 11.3 Å². The third-order valence-electron chi connectivity index (χ3n) is 3.53. The van der Waals surface area contributed by atoms with E-state index in [1.807, 2.05) is 17.5 Å². The number of nitrogens with one attached hydrogen (secondary N) is 1. The van der Waals surface area contributed by atoms with Crippen LogP contribution in [0.1, 0.15) is 56.3 Å². The third-order valence-corrected chi connectivity index (χ3v) is 4.96. The van der Waals surface area contributed by atoms with Crippen LogP contribution >= 0.6 is 11.3 Å². The zero-order chi connectivity index (χ0) is 13.2. The van der Waals surface area contributed by atoms with E-state index >= 15 is 0 Å². The van der Waals surface area contributed by atoms with Crippen molar-refractivity contribution in [2.24, 2.45) is 5.73 Å². The number of rotatable bonds is 3. The lowest BCUT2D eigenvalue weighted by molar-refractivity contribution is 0.342. The zero-order valence-corrected chi connectivity index (χ0v) is 12.5. The Bertz CT molecular complexity index is 373. The molecule has 2 rings (SSSR count). The Morgan fingerprint density at radius 2 is 2.00 bits per heavy atom. The molecule has 1 fully saturated rings. The summed E-state index contributed by atoms with van der Waals surface area (Å²) in [5.41, 5.74) is 6.09. The van der Waals surface area contributed by atoms with Crippen molar-refractivity contribution in [1.29, 1.82) is 0 Å². The first-order valence-corrected chi connectivity index (χ1v) is 7.71. The Morgan fingerprint density at radius 1 is 1.33 bits per heavy atom. The first kappa shape index (κ1) is 14.0. The van der Waals surface area contributed by atoms with Crippen molar-refractivity contribution in [3.05, 3.63) is 16.1 Å². The Hall–Kier alpha value is -0.450. The number of hydrogen-bond acceptors (Lipinski definition) is 4. The summed E-state index contributed by atoms with van der Waals surface area (Å²) < 4.78 is 0. The van der Waals surface area contributed by atoms with E-state index in [0.29, 0.717) is 12.1 Å². The van der Waals surface area contributed by atoms with Crippen LogP contribution in [0.25, 0.3) is 0 Å². The molecule has 1 saturated carbocycles. The molecule has 1 aliphatic rings. The molecule has 0 aliphatic heterocycles. The van der Waals surface area contributed by atoms with Gasteiger partial charge in [0, 0.05) is 35.1 Å². The summed E-state index contributed by atoms with van der Waals surface area (Å²) in [7, 11) is 0. The van der Waals surface area contributed by atoms with E-state index in [1.54, 1.807) is 0 Å². The van der Waals surface area contributed by atoms with Gasteiger partial charge in [0.1, 0.15) is 0 Å². The predicted octanol–water partition coefficient (Wildman–Crippen LogP) is 2.80. The molecule has 0 spiro atoms. The molecule has 3 nitrogen and oxygen atoms in total. The van der Waals surface area contributed by atoms with E-state index in [4.69, 9.17) is 5.73 Å². The van der Waals surface area contributed by atoms with Gasteiger partial charge in [0.25, 0.3) is 0 Å². The Morgan fingerprint density at radius 3 is 2.56 bits per heavy atom. The molecule has 0 atom stereocenters. The second-order valence-corrected chi connectivity index (χ2v) is 7.49. The lowest BCUT2D eigenvalue weighted by Crippen LogP contribution is -2.36. The molecule has 0 aromatic carbocycles. The average molecular weight is 267 g/mol. The van der Waals surface area contributed by atoms with Crippen LogP contribution in [0.4, 0.5) is 0 Å². The number of nitrogens with two attached hydrogens (primary N) is 1. The highest BCUT2D eigenvalue weighted by Gasteiger charge is 2.20. The van der Waals surface area contributed by atoms with Gasteiger partial charge in [-0.25, -0.2) is 4.98 Å². The minimum Gasteiger partial charge on any atom is -0.328 e. The summed E-state index contributed by atoms with van der Waals surface area (Å²) >= 11 is 1.83. The van der Waals surface area contributed by atoms with Crippen LogP contribution in [0.2, 0.25) is 0 Å². The molecular weight excluding hydrogens is 242 g/mol. The molecule has 1 heterocycles. The molecule has 0 amide bonds. The van der Waals surface area contributed by atoms with Crippen LogP contribution in [0.15, 0.2) is 6.20 Å². The Balaban J connectivity index is 1.82. The lowest BCUT2D eigenvalue weighted by Gasteiger charge is -2.26. The van der Waals surface area contributed by atoms with Crippen molar-refractivity contribution in [3.8, 4) is 0 Å². The zero-order valence-electron chi connectivity index (χ0n) is 11.7. The van der Waals surface area contributed by atoms with Crippen LogP contribution in [0, 0.1) is 0 Å². The van der Waals surface area contributed by atoms with Crippen LogP contribution in [-0.2, 0) is 12.0 Å². The molecule has 102 valence electrons. The van der Waals surface area contributed by atoms with Gasteiger partial charge in [-0.2, -0.15) is 0 Å². The van der Waals surface area contributed by atoms with Crippen LogP contribution in [0.3, 0.4) is 0 Å². The molecule has 4 heteroatoms. The van der Waals surface area contributed by atoms with Crippen LogP contribution in [0.5, 0.6) is 0 Å². The largest absolute Gasteiger partial charge is 0.328 e. The third kappa shape index (κ3) is 3.77. The molecule has 0 bridgehead atoms. The SMILES string of the molecule is CC(C)(C)c1ncc(CNC2CCC(N)CC2)s1. The number of thiazole rings is 1. The summed E-state index contributed by atoms with van der Waals surface area (Å²) in [6, 6.07) is 1.07.